The van der Waals surface area contributed by atoms with Crippen molar-refractivity contribution in [3.63, 3.8) is 0 Å². The maximum absolute atomic E-state index is 12.8. The highest BCUT2D eigenvalue weighted by Gasteiger charge is 2.21. The fraction of sp³-hybridized carbons (Fsp3) is 0.286. The molecule has 0 fully saturated rings. The molecule has 7 heteroatoms. The highest BCUT2D eigenvalue weighted by Crippen LogP contribution is 2.41. The highest BCUT2D eigenvalue weighted by atomic mass is 16.5. The van der Waals surface area contributed by atoms with Crippen molar-refractivity contribution < 1.29 is 28.8 Å². The van der Waals surface area contributed by atoms with Crippen molar-refractivity contribution in [2.75, 3.05) is 33.3 Å². The second-order valence-corrected chi connectivity index (χ2v) is 5.86. The van der Waals surface area contributed by atoms with Crippen molar-refractivity contribution in [1.29, 1.82) is 0 Å². The predicted molar refractivity (Wildman–Crippen MR) is 107 cm³/mol. The Morgan fingerprint density at radius 3 is 2.07 bits per heavy atom. The van der Waals surface area contributed by atoms with Crippen LogP contribution < -0.4 is 23.8 Å². The number of rotatable bonds is 9. The van der Waals surface area contributed by atoms with Crippen molar-refractivity contribution in [2.45, 2.75) is 13.0 Å². The smallest absolute Gasteiger partial charge is 0.231 e. The number of hydrogen-bond acceptors (Lipinski definition) is 6. The van der Waals surface area contributed by atoms with Gasteiger partial charge >= 0.3 is 0 Å². The number of methoxy groups -OCH3 is 4. The second kappa shape index (κ2) is 9.55. The van der Waals surface area contributed by atoms with Crippen LogP contribution in [0.15, 0.2) is 43.0 Å². The number of carbonyl (C=O) groups excluding carboxylic acids is 1. The molecule has 1 N–H and O–H groups in total. The number of ether oxygens (including phenoxy) is 4. The van der Waals surface area contributed by atoms with E-state index in [4.69, 9.17) is 18.9 Å². The fourth-order valence-electron chi connectivity index (χ4n) is 2.80. The molecular weight excluding hydrogens is 362 g/mol. The predicted octanol–water partition coefficient (Wildman–Crippen LogP) is 3.54. The zero-order valence-corrected chi connectivity index (χ0v) is 16.5. The molecule has 2 rings (SSSR count). The lowest BCUT2D eigenvalue weighted by Gasteiger charge is -2.25. The molecule has 0 unspecified atom stereocenters. The third kappa shape index (κ3) is 4.49. The summed E-state index contributed by atoms with van der Waals surface area (Å²) < 4.78 is 21.2. The largest absolute Gasteiger partial charge is 0.504 e. The Balaban J connectivity index is 2.50. The Bertz CT molecular complexity index is 824. The summed E-state index contributed by atoms with van der Waals surface area (Å²) in [6.07, 6.45) is 1.69. The third-order valence-corrected chi connectivity index (χ3v) is 4.17. The Labute approximate surface area is 164 Å². The Morgan fingerprint density at radius 1 is 1.00 bits per heavy atom. The number of anilines is 1. The average Bonchev–Trinajstić information content (AvgIpc) is 2.71. The van der Waals surface area contributed by atoms with Crippen LogP contribution in [-0.2, 0) is 11.3 Å². The molecule has 0 spiro atoms. The van der Waals surface area contributed by atoms with E-state index in [1.807, 2.05) is 0 Å². The molecular formula is C21H25NO6. The van der Waals surface area contributed by atoms with Crippen LogP contribution in [0.25, 0.3) is 0 Å². The molecule has 0 saturated heterocycles. The first-order valence-electron chi connectivity index (χ1n) is 8.56. The summed E-state index contributed by atoms with van der Waals surface area (Å²) in [6, 6.07) is 8.39. The van der Waals surface area contributed by atoms with E-state index < -0.39 is 0 Å². The summed E-state index contributed by atoms with van der Waals surface area (Å²) in [4.78, 5) is 14.3. The van der Waals surface area contributed by atoms with E-state index in [-0.39, 0.29) is 24.6 Å². The van der Waals surface area contributed by atoms with Crippen LogP contribution in [-0.4, -0.2) is 39.5 Å². The molecule has 0 aromatic heterocycles. The van der Waals surface area contributed by atoms with E-state index >= 15 is 0 Å². The number of carbonyl (C=O) groups is 1. The summed E-state index contributed by atoms with van der Waals surface area (Å²) in [5, 5.41) is 10.0. The normalized spacial score (nSPS) is 10.1. The fourth-order valence-corrected chi connectivity index (χ4v) is 2.80. The number of phenolic OH excluding ortho intramolecular Hbond substituents is 1. The number of phenols is 1. The lowest BCUT2D eigenvalue weighted by Crippen LogP contribution is -2.29. The van der Waals surface area contributed by atoms with Crippen LogP contribution in [0.1, 0.15) is 12.0 Å². The maximum Gasteiger partial charge on any atom is 0.231 e. The summed E-state index contributed by atoms with van der Waals surface area (Å²) >= 11 is 0. The van der Waals surface area contributed by atoms with Crippen molar-refractivity contribution >= 4 is 11.6 Å². The van der Waals surface area contributed by atoms with Gasteiger partial charge < -0.3 is 29.0 Å². The summed E-state index contributed by atoms with van der Waals surface area (Å²) in [7, 11) is 6.02. The molecule has 2 aromatic rings. The molecule has 150 valence electrons. The maximum atomic E-state index is 12.8. The Kier molecular flexibility index (Phi) is 7.14. The number of hydrogen-bond donors (Lipinski definition) is 1. The van der Waals surface area contributed by atoms with Crippen molar-refractivity contribution in [1.82, 2.24) is 0 Å². The molecule has 0 aliphatic carbocycles. The molecule has 0 bridgehead atoms. The van der Waals surface area contributed by atoms with Gasteiger partial charge in [-0.05, 0) is 17.7 Å². The van der Waals surface area contributed by atoms with Crippen molar-refractivity contribution in [2.24, 2.45) is 0 Å². The molecule has 0 atom stereocenters. The monoisotopic (exact) mass is 387 g/mol. The van der Waals surface area contributed by atoms with Gasteiger partial charge in [-0.1, -0.05) is 12.1 Å². The summed E-state index contributed by atoms with van der Waals surface area (Å²) in [5.41, 5.74) is 1.29. The van der Waals surface area contributed by atoms with Gasteiger partial charge in [-0.15, -0.1) is 6.58 Å². The van der Waals surface area contributed by atoms with Crippen LogP contribution >= 0.6 is 0 Å². The first-order valence-corrected chi connectivity index (χ1v) is 8.56. The topological polar surface area (TPSA) is 77.5 Å². The average molecular weight is 387 g/mol. The van der Waals surface area contributed by atoms with Crippen LogP contribution in [0, 0.1) is 0 Å². The number of amides is 1. The molecule has 28 heavy (non-hydrogen) atoms. The van der Waals surface area contributed by atoms with Crippen molar-refractivity contribution in [3.8, 4) is 28.7 Å². The van der Waals surface area contributed by atoms with Gasteiger partial charge in [0.05, 0.1) is 40.7 Å². The minimum absolute atomic E-state index is 0.000937. The van der Waals surface area contributed by atoms with Crippen LogP contribution in [0.2, 0.25) is 0 Å². The van der Waals surface area contributed by atoms with Crippen molar-refractivity contribution in [3.05, 3.63) is 48.6 Å². The van der Waals surface area contributed by atoms with E-state index in [1.54, 1.807) is 41.3 Å². The highest BCUT2D eigenvalue weighted by molar-refractivity contribution is 5.95. The second-order valence-electron chi connectivity index (χ2n) is 5.86. The van der Waals surface area contributed by atoms with E-state index in [9.17, 15) is 9.90 Å². The summed E-state index contributed by atoms with van der Waals surface area (Å²) in [5.74, 6) is 1.50. The quantitative estimate of drug-likeness (QED) is 0.663. The lowest BCUT2D eigenvalue weighted by atomic mass is 10.1. The zero-order chi connectivity index (χ0) is 20.7. The van der Waals surface area contributed by atoms with Gasteiger partial charge in [-0.25, -0.2) is 0 Å². The van der Waals surface area contributed by atoms with Crippen LogP contribution in [0.4, 0.5) is 5.69 Å². The molecule has 0 heterocycles. The Morgan fingerprint density at radius 2 is 1.61 bits per heavy atom. The number of nitrogens with zero attached hydrogens (tertiary/aromatic N) is 1. The Hall–Kier alpha value is -3.35. The number of benzene rings is 2. The molecule has 0 aliphatic rings. The molecule has 0 radical (unpaired) electrons. The van der Waals surface area contributed by atoms with Gasteiger partial charge in [0.15, 0.2) is 23.0 Å². The van der Waals surface area contributed by atoms with E-state index in [0.717, 1.165) is 5.56 Å². The van der Waals surface area contributed by atoms with Crippen LogP contribution in [0.5, 0.6) is 28.7 Å². The van der Waals surface area contributed by atoms with E-state index in [1.165, 1.54) is 28.4 Å². The third-order valence-electron chi connectivity index (χ3n) is 4.17. The zero-order valence-electron chi connectivity index (χ0n) is 16.5. The van der Waals surface area contributed by atoms with E-state index in [0.29, 0.717) is 28.7 Å². The van der Waals surface area contributed by atoms with Gasteiger partial charge in [0.1, 0.15) is 0 Å². The SMILES string of the molecule is C=CCC(=O)N(Cc1ccc(OC)c(O)c1)c1cc(OC)c(OC)c(OC)c1. The first-order chi connectivity index (χ1) is 13.5. The summed E-state index contributed by atoms with van der Waals surface area (Å²) in [6.45, 7) is 3.87. The molecule has 0 saturated carbocycles. The minimum Gasteiger partial charge on any atom is -0.504 e. The molecule has 0 aliphatic heterocycles. The van der Waals surface area contributed by atoms with Gasteiger partial charge in [-0.3, -0.25) is 4.79 Å². The van der Waals surface area contributed by atoms with Gasteiger partial charge in [0.25, 0.3) is 0 Å². The first kappa shape index (κ1) is 21.0. The van der Waals surface area contributed by atoms with E-state index in [2.05, 4.69) is 6.58 Å². The number of aromatic hydroxyl groups is 1. The standard InChI is InChI=1S/C21H25NO6/c1-6-7-20(24)22(13-14-8-9-17(25-2)16(23)10-14)15-11-18(26-3)21(28-5)19(12-15)27-4/h6,8-12,23H,1,7,13H2,2-5H3. The van der Waals surface area contributed by atoms with Crippen LogP contribution in [0.3, 0.4) is 0 Å². The lowest BCUT2D eigenvalue weighted by molar-refractivity contribution is -0.117. The van der Waals surface area contributed by atoms with Gasteiger partial charge in [0, 0.05) is 18.6 Å². The van der Waals surface area contributed by atoms with Gasteiger partial charge in [-0.2, -0.15) is 0 Å². The molecule has 1 amide bonds. The minimum atomic E-state index is -0.167. The molecule has 7 nitrogen and oxygen atoms in total. The molecule has 2 aromatic carbocycles. The van der Waals surface area contributed by atoms with Gasteiger partial charge in [0.2, 0.25) is 11.7 Å².